The Labute approximate surface area is 210 Å². The molecule has 2 heterocycles. The van der Waals surface area contributed by atoms with Crippen molar-refractivity contribution in [2.24, 2.45) is 0 Å². The Morgan fingerprint density at radius 1 is 1.03 bits per heavy atom. The second-order valence-electron chi connectivity index (χ2n) is 10.8. The minimum Gasteiger partial charge on any atom is -0.325 e. The highest BCUT2D eigenvalue weighted by Gasteiger charge is 2.41. The van der Waals surface area contributed by atoms with Crippen LogP contribution >= 0.6 is 0 Å². The highest BCUT2D eigenvalue weighted by molar-refractivity contribution is 5.95. The van der Waals surface area contributed by atoms with Gasteiger partial charge < -0.3 is 5.32 Å². The molecule has 5 nitrogen and oxygen atoms in total. The standard InChI is InChI=1S/C28H33F3N4O/c1-17(2)18-8-12-21(13-9-18)32-26(36)24-16-22(23-14-15-35(34-23)27(3,4)5)25(33-24)19-6-10-20(11-7-19)28(29,30)31/h6-15,17,22,24-25,33H,16H2,1-5H3,(H,32,36)/t22?,24-,25-/m0/s1. The summed E-state index contributed by atoms with van der Waals surface area (Å²) in [5.74, 6) is 0.0378. The Morgan fingerprint density at radius 2 is 1.67 bits per heavy atom. The second kappa shape index (κ2) is 9.73. The predicted octanol–water partition coefficient (Wildman–Crippen LogP) is 6.61. The number of aromatic nitrogens is 2. The predicted molar refractivity (Wildman–Crippen MR) is 135 cm³/mol. The molecular formula is C28H33F3N4O. The van der Waals surface area contributed by atoms with Crippen LogP contribution < -0.4 is 10.6 Å². The molecule has 0 bridgehead atoms. The van der Waals surface area contributed by atoms with Gasteiger partial charge in [-0.15, -0.1) is 0 Å². The fraction of sp³-hybridized carbons (Fsp3) is 0.429. The maximum absolute atomic E-state index is 13.2. The van der Waals surface area contributed by atoms with Crippen LogP contribution in [0.3, 0.4) is 0 Å². The number of rotatable bonds is 5. The maximum atomic E-state index is 13.2. The number of nitrogens with zero attached hydrogens (tertiary/aromatic N) is 2. The van der Waals surface area contributed by atoms with Gasteiger partial charge in [0.05, 0.1) is 22.8 Å². The van der Waals surface area contributed by atoms with Crippen molar-refractivity contribution in [3.8, 4) is 0 Å². The number of carbonyl (C=O) groups is 1. The average molecular weight is 499 g/mol. The Morgan fingerprint density at radius 3 is 2.19 bits per heavy atom. The van der Waals surface area contributed by atoms with Crippen LogP contribution in [-0.4, -0.2) is 21.7 Å². The SMILES string of the molecule is CC(C)c1ccc(NC(=O)[C@@H]2CC(c3ccn(C(C)(C)C)n3)[C@H](c3ccc(C(F)(F)F)cc3)N2)cc1. The van der Waals surface area contributed by atoms with E-state index in [4.69, 9.17) is 5.10 Å². The van der Waals surface area contributed by atoms with E-state index in [1.165, 1.54) is 17.7 Å². The van der Waals surface area contributed by atoms with E-state index in [2.05, 4.69) is 24.5 Å². The smallest absolute Gasteiger partial charge is 0.325 e. The maximum Gasteiger partial charge on any atom is 0.416 e. The second-order valence-corrected chi connectivity index (χ2v) is 10.8. The lowest BCUT2D eigenvalue weighted by atomic mass is 9.90. The zero-order valence-corrected chi connectivity index (χ0v) is 21.2. The van der Waals surface area contributed by atoms with E-state index in [-0.39, 0.29) is 23.4 Å². The number of hydrogen-bond acceptors (Lipinski definition) is 3. The van der Waals surface area contributed by atoms with Gasteiger partial charge in [0, 0.05) is 23.8 Å². The van der Waals surface area contributed by atoms with Gasteiger partial charge in [-0.2, -0.15) is 18.3 Å². The third-order valence-corrected chi connectivity index (χ3v) is 6.71. The molecule has 1 saturated heterocycles. The fourth-order valence-corrected chi connectivity index (χ4v) is 4.56. The number of benzene rings is 2. The third-order valence-electron chi connectivity index (χ3n) is 6.71. The lowest BCUT2D eigenvalue weighted by Gasteiger charge is -2.21. The van der Waals surface area contributed by atoms with Crippen molar-refractivity contribution < 1.29 is 18.0 Å². The van der Waals surface area contributed by atoms with Crippen LogP contribution in [0, 0.1) is 0 Å². The summed E-state index contributed by atoms with van der Waals surface area (Å²) in [6, 6.07) is 14.0. The average Bonchev–Trinajstić information content (AvgIpc) is 3.46. The number of nitrogens with one attached hydrogen (secondary N) is 2. The van der Waals surface area contributed by atoms with E-state index in [0.29, 0.717) is 23.6 Å². The van der Waals surface area contributed by atoms with Crippen LogP contribution in [0.15, 0.2) is 60.8 Å². The van der Waals surface area contributed by atoms with E-state index in [1.54, 1.807) is 0 Å². The van der Waals surface area contributed by atoms with Crippen molar-refractivity contribution in [3.05, 3.63) is 83.2 Å². The Balaban J connectivity index is 1.59. The van der Waals surface area contributed by atoms with Crippen molar-refractivity contribution in [3.63, 3.8) is 0 Å². The van der Waals surface area contributed by atoms with E-state index in [0.717, 1.165) is 17.8 Å². The monoisotopic (exact) mass is 498 g/mol. The molecule has 1 amide bonds. The van der Waals surface area contributed by atoms with Crippen LogP contribution in [0.25, 0.3) is 0 Å². The number of alkyl halides is 3. The Hall–Kier alpha value is -3.13. The van der Waals surface area contributed by atoms with Gasteiger partial charge in [0.25, 0.3) is 0 Å². The molecule has 1 fully saturated rings. The number of amides is 1. The molecule has 2 aromatic carbocycles. The van der Waals surface area contributed by atoms with Gasteiger partial charge in [-0.25, -0.2) is 0 Å². The molecule has 0 saturated carbocycles. The first kappa shape index (κ1) is 25.9. The van der Waals surface area contributed by atoms with E-state index in [1.807, 2.05) is 62.0 Å². The first-order valence-corrected chi connectivity index (χ1v) is 12.2. The molecule has 4 rings (SSSR count). The summed E-state index contributed by atoms with van der Waals surface area (Å²) in [5.41, 5.74) is 2.47. The molecule has 3 atom stereocenters. The zero-order chi connectivity index (χ0) is 26.3. The quantitative estimate of drug-likeness (QED) is 0.416. The Bertz CT molecular complexity index is 1190. The van der Waals surface area contributed by atoms with Crippen molar-refractivity contribution in [2.45, 2.75) is 76.7 Å². The van der Waals surface area contributed by atoms with Crippen molar-refractivity contribution >= 4 is 11.6 Å². The van der Waals surface area contributed by atoms with Crippen LogP contribution in [-0.2, 0) is 16.5 Å². The molecule has 0 aliphatic carbocycles. The number of hydrogen-bond donors (Lipinski definition) is 2. The van der Waals surface area contributed by atoms with Gasteiger partial charge in [-0.3, -0.25) is 14.8 Å². The van der Waals surface area contributed by atoms with Gasteiger partial charge >= 0.3 is 6.18 Å². The van der Waals surface area contributed by atoms with Crippen LogP contribution in [0.1, 0.15) is 81.3 Å². The Kier molecular flexibility index (Phi) is 7.01. The molecule has 1 unspecified atom stereocenters. The topological polar surface area (TPSA) is 59.0 Å². The summed E-state index contributed by atoms with van der Waals surface area (Å²) in [5, 5.41) is 11.1. The summed E-state index contributed by atoms with van der Waals surface area (Å²) in [4.78, 5) is 13.2. The van der Waals surface area contributed by atoms with Gasteiger partial charge in [0.2, 0.25) is 5.91 Å². The minimum atomic E-state index is -4.40. The first-order chi connectivity index (χ1) is 16.8. The normalized spacial score (nSPS) is 20.6. The molecule has 0 spiro atoms. The summed E-state index contributed by atoms with van der Waals surface area (Å²) >= 11 is 0. The zero-order valence-electron chi connectivity index (χ0n) is 21.2. The number of anilines is 1. The molecule has 0 radical (unpaired) electrons. The summed E-state index contributed by atoms with van der Waals surface area (Å²) < 4.78 is 41.2. The molecule has 8 heteroatoms. The molecule has 36 heavy (non-hydrogen) atoms. The number of carbonyl (C=O) groups excluding carboxylic acids is 1. The highest BCUT2D eigenvalue weighted by Crippen LogP contribution is 2.41. The van der Waals surface area contributed by atoms with E-state index < -0.39 is 17.8 Å². The summed E-state index contributed by atoms with van der Waals surface area (Å²) in [7, 11) is 0. The van der Waals surface area contributed by atoms with Crippen molar-refractivity contribution in [1.29, 1.82) is 0 Å². The van der Waals surface area contributed by atoms with Gasteiger partial charge in [0.15, 0.2) is 0 Å². The summed E-state index contributed by atoms with van der Waals surface area (Å²) in [6.07, 6.45) is -2.02. The molecule has 1 aromatic heterocycles. The largest absolute Gasteiger partial charge is 0.416 e. The van der Waals surface area contributed by atoms with Crippen LogP contribution in [0.2, 0.25) is 0 Å². The molecule has 3 aromatic rings. The first-order valence-electron chi connectivity index (χ1n) is 12.2. The molecule has 1 aliphatic heterocycles. The van der Waals surface area contributed by atoms with Crippen molar-refractivity contribution in [1.82, 2.24) is 15.1 Å². The number of halogens is 3. The van der Waals surface area contributed by atoms with Gasteiger partial charge in [-0.05, 0) is 74.6 Å². The van der Waals surface area contributed by atoms with E-state index in [9.17, 15) is 18.0 Å². The van der Waals surface area contributed by atoms with Gasteiger partial charge in [0.1, 0.15) is 0 Å². The molecule has 1 aliphatic rings. The molecule has 2 N–H and O–H groups in total. The minimum absolute atomic E-state index is 0.176. The molecular weight excluding hydrogens is 465 g/mol. The third kappa shape index (κ3) is 5.64. The van der Waals surface area contributed by atoms with E-state index >= 15 is 0 Å². The highest BCUT2D eigenvalue weighted by atomic mass is 19.4. The van der Waals surface area contributed by atoms with Crippen LogP contribution in [0.5, 0.6) is 0 Å². The summed E-state index contributed by atoms with van der Waals surface area (Å²) in [6.45, 7) is 10.4. The lowest BCUT2D eigenvalue weighted by molar-refractivity contribution is -0.137. The lowest BCUT2D eigenvalue weighted by Crippen LogP contribution is -2.36. The van der Waals surface area contributed by atoms with Crippen LogP contribution in [0.4, 0.5) is 18.9 Å². The fourth-order valence-electron chi connectivity index (χ4n) is 4.56. The van der Waals surface area contributed by atoms with Crippen molar-refractivity contribution in [2.75, 3.05) is 5.32 Å². The molecule has 192 valence electrons. The van der Waals surface area contributed by atoms with Gasteiger partial charge in [-0.1, -0.05) is 38.1 Å².